The molecule has 4 nitrogen and oxygen atoms in total. The van der Waals surface area contributed by atoms with Gasteiger partial charge in [-0.1, -0.05) is 0 Å². The molecule has 1 aromatic rings. The quantitative estimate of drug-likeness (QED) is 0.698. The molecule has 4 rings (SSSR count). The van der Waals surface area contributed by atoms with Crippen molar-refractivity contribution in [1.29, 1.82) is 0 Å². The summed E-state index contributed by atoms with van der Waals surface area (Å²) >= 11 is 3.47. The molecule has 0 radical (unpaired) electrons. The van der Waals surface area contributed by atoms with Crippen LogP contribution < -0.4 is 15.8 Å². The van der Waals surface area contributed by atoms with E-state index in [2.05, 4.69) is 10.0 Å². The van der Waals surface area contributed by atoms with Gasteiger partial charge in [-0.15, -0.1) is 11.3 Å². The maximum absolute atomic E-state index is 12.1. The second-order valence-corrected chi connectivity index (χ2v) is 8.83. The zero-order valence-electron chi connectivity index (χ0n) is 12.7. The Bertz CT molecular complexity index is 578. The second kappa shape index (κ2) is 6.15. The third-order valence-corrected chi connectivity index (χ3v) is 6.98. The van der Waals surface area contributed by atoms with Crippen LogP contribution >= 0.6 is 23.3 Å². The van der Waals surface area contributed by atoms with E-state index in [-0.39, 0.29) is 17.9 Å². The molecule has 1 heterocycles. The topological polar surface area (TPSA) is 67.1 Å². The van der Waals surface area contributed by atoms with E-state index in [1.54, 1.807) is 23.3 Å². The van der Waals surface area contributed by atoms with E-state index in [4.69, 9.17) is 5.73 Å². The summed E-state index contributed by atoms with van der Waals surface area (Å²) in [6.45, 7) is 1.07. The lowest BCUT2D eigenvalue weighted by atomic mass is 9.95. The lowest BCUT2D eigenvalue weighted by molar-refractivity contribution is -0.117. The van der Waals surface area contributed by atoms with Crippen LogP contribution in [0.3, 0.4) is 0 Å². The molecular formula is C16H23N3OS2. The molecule has 1 unspecified atom stereocenters. The number of nitrogens with two attached hydrogens (primary N) is 1. The van der Waals surface area contributed by atoms with Crippen LogP contribution in [-0.4, -0.2) is 18.5 Å². The summed E-state index contributed by atoms with van der Waals surface area (Å²) in [5, 5.41) is 4.22. The average Bonchev–Trinajstić information content (AvgIpc) is 3.38. The van der Waals surface area contributed by atoms with Crippen molar-refractivity contribution < 1.29 is 4.79 Å². The minimum atomic E-state index is 0.201. The van der Waals surface area contributed by atoms with Gasteiger partial charge in [-0.25, -0.2) is 0 Å². The van der Waals surface area contributed by atoms with Crippen LogP contribution in [-0.2, 0) is 17.6 Å². The Balaban J connectivity index is 1.52. The van der Waals surface area contributed by atoms with Crippen LogP contribution in [0.15, 0.2) is 4.90 Å². The molecule has 0 aromatic carbocycles. The van der Waals surface area contributed by atoms with Crippen molar-refractivity contribution in [3.8, 4) is 0 Å². The largest absolute Gasteiger partial charge is 0.327 e. The van der Waals surface area contributed by atoms with E-state index >= 15 is 0 Å². The lowest BCUT2D eigenvalue weighted by Crippen LogP contribution is -2.27. The van der Waals surface area contributed by atoms with Gasteiger partial charge in [-0.2, -0.15) is 0 Å². The molecule has 22 heavy (non-hydrogen) atoms. The van der Waals surface area contributed by atoms with Gasteiger partial charge in [0, 0.05) is 23.4 Å². The Morgan fingerprint density at radius 3 is 2.82 bits per heavy atom. The van der Waals surface area contributed by atoms with E-state index in [0.717, 1.165) is 49.6 Å². The summed E-state index contributed by atoms with van der Waals surface area (Å²) in [5.41, 5.74) is 7.54. The van der Waals surface area contributed by atoms with Gasteiger partial charge in [-0.05, 0) is 68.4 Å². The lowest BCUT2D eigenvalue weighted by Gasteiger charge is -2.19. The molecule has 0 saturated heterocycles. The number of carbonyl (C=O) groups is 1. The van der Waals surface area contributed by atoms with Crippen LogP contribution in [0.5, 0.6) is 0 Å². The number of rotatable bonds is 6. The zero-order valence-corrected chi connectivity index (χ0v) is 14.3. The van der Waals surface area contributed by atoms with Crippen LogP contribution in [0.4, 0.5) is 5.00 Å². The Labute approximate surface area is 139 Å². The molecule has 0 aliphatic heterocycles. The molecule has 2 fully saturated rings. The molecule has 3 aliphatic carbocycles. The van der Waals surface area contributed by atoms with Crippen LogP contribution in [0.2, 0.25) is 0 Å². The van der Waals surface area contributed by atoms with E-state index in [1.165, 1.54) is 28.2 Å². The predicted molar refractivity (Wildman–Crippen MR) is 92.3 cm³/mol. The molecule has 0 spiro atoms. The molecule has 2 saturated carbocycles. The molecular weight excluding hydrogens is 314 g/mol. The first kappa shape index (κ1) is 15.0. The molecule has 1 atom stereocenters. The summed E-state index contributed by atoms with van der Waals surface area (Å²) in [5.74, 6) is 1.30. The molecule has 1 amide bonds. The smallest absolute Gasteiger partial charge is 0.228 e. The summed E-state index contributed by atoms with van der Waals surface area (Å²) in [6.07, 6.45) is 7.85. The molecule has 120 valence electrons. The van der Waals surface area contributed by atoms with E-state index in [0.29, 0.717) is 0 Å². The van der Waals surface area contributed by atoms with E-state index in [9.17, 15) is 4.79 Å². The van der Waals surface area contributed by atoms with Crippen LogP contribution in [0.25, 0.3) is 0 Å². The monoisotopic (exact) mass is 337 g/mol. The second-order valence-electron chi connectivity index (χ2n) is 6.82. The number of thiophene rings is 1. The van der Waals surface area contributed by atoms with Gasteiger partial charge in [0.2, 0.25) is 5.91 Å². The van der Waals surface area contributed by atoms with Crippen molar-refractivity contribution in [2.75, 3.05) is 11.9 Å². The highest BCUT2D eigenvalue weighted by molar-refractivity contribution is 7.97. The van der Waals surface area contributed by atoms with Crippen molar-refractivity contribution in [3.63, 3.8) is 0 Å². The standard InChI is InChI=1S/C16H23N3OS2/c17-11-5-6-13-12(7-11)14(22-18-8-9-1-2-9)16(21-13)19-15(20)10-3-4-10/h9-11,18H,1-8,17H2,(H,19,20). The van der Waals surface area contributed by atoms with E-state index in [1.807, 2.05) is 0 Å². The minimum absolute atomic E-state index is 0.201. The van der Waals surface area contributed by atoms with Gasteiger partial charge < -0.3 is 11.1 Å². The Kier molecular flexibility index (Phi) is 4.19. The third-order valence-electron chi connectivity index (χ3n) is 4.68. The van der Waals surface area contributed by atoms with Crippen molar-refractivity contribution in [2.45, 2.75) is 55.9 Å². The third kappa shape index (κ3) is 3.35. The molecule has 3 aliphatic rings. The normalized spacial score (nSPS) is 24.1. The number of carbonyl (C=O) groups excluding carboxylic acids is 1. The fourth-order valence-electron chi connectivity index (χ4n) is 2.89. The summed E-state index contributed by atoms with van der Waals surface area (Å²) < 4.78 is 3.50. The Morgan fingerprint density at radius 2 is 2.09 bits per heavy atom. The fraction of sp³-hybridized carbons (Fsp3) is 0.688. The first-order valence-corrected chi connectivity index (χ1v) is 9.94. The number of hydrogen-bond acceptors (Lipinski definition) is 5. The van der Waals surface area contributed by atoms with Crippen LogP contribution in [0, 0.1) is 11.8 Å². The summed E-state index contributed by atoms with van der Waals surface area (Å²) in [4.78, 5) is 14.8. The van der Waals surface area contributed by atoms with Crippen molar-refractivity contribution in [3.05, 3.63) is 10.4 Å². The Hall–Kier alpha value is -0.560. The van der Waals surface area contributed by atoms with Crippen LogP contribution in [0.1, 0.15) is 42.5 Å². The number of hydrogen-bond donors (Lipinski definition) is 3. The SMILES string of the molecule is NC1CCc2sc(NC(=O)C3CC3)c(SNCC3CC3)c2C1. The van der Waals surface area contributed by atoms with Crippen molar-refractivity contribution in [2.24, 2.45) is 17.6 Å². The van der Waals surface area contributed by atoms with Gasteiger partial charge >= 0.3 is 0 Å². The van der Waals surface area contributed by atoms with Gasteiger partial charge in [0.1, 0.15) is 5.00 Å². The highest BCUT2D eigenvalue weighted by Crippen LogP contribution is 2.44. The van der Waals surface area contributed by atoms with Gasteiger partial charge in [0.05, 0.1) is 4.90 Å². The predicted octanol–water partition coefficient (Wildman–Crippen LogP) is 2.92. The first-order valence-electron chi connectivity index (χ1n) is 8.31. The number of aryl methyl sites for hydroxylation is 1. The van der Waals surface area contributed by atoms with Gasteiger partial charge in [-0.3, -0.25) is 9.52 Å². The first-order chi connectivity index (χ1) is 10.7. The average molecular weight is 338 g/mol. The Morgan fingerprint density at radius 1 is 1.27 bits per heavy atom. The highest BCUT2D eigenvalue weighted by Gasteiger charge is 2.32. The van der Waals surface area contributed by atoms with Gasteiger partial charge in [0.15, 0.2) is 0 Å². The summed E-state index contributed by atoms with van der Waals surface area (Å²) in [7, 11) is 0. The minimum Gasteiger partial charge on any atom is -0.327 e. The molecule has 4 N–H and O–H groups in total. The van der Waals surface area contributed by atoms with E-state index < -0.39 is 0 Å². The maximum Gasteiger partial charge on any atom is 0.228 e. The number of anilines is 1. The maximum atomic E-state index is 12.1. The van der Waals surface area contributed by atoms with Crippen molar-refractivity contribution in [1.82, 2.24) is 4.72 Å². The van der Waals surface area contributed by atoms with Gasteiger partial charge in [0.25, 0.3) is 0 Å². The summed E-state index contributed by atoms with van der Waals surface area (Å²) in [6, 6.07) is 0.261. The van der Waals surface area contributed by atoms with Crippen molar-refractivity contribution >= 4 is 34.2 Å². The molecule has 0 bridgehead atoms. The fourth-order valence-corrected chi connectivity index (χ4v) is 5.28. The molecule has 1 aromatic heterocycles. The molecule has 6 heteroatoms. The zero-order chi connectivity index (χ0) is 15.1. The number of fused-ring (bicyclic) bond motifs is 1. The number of amides is 1. The highest BCUT2D eigenvalue weighted by atomic mass is 32.2. The number of nitrogens with one attached hydrogen (secondary N) is 2.